The summed E-state index contributed by atoms with van der Waals surface area (Å²) in [6.07, 6.45) is 2.14. The van der Waals surface area contributed by atoms with Crippen molar-refractivity contribution in [3.05, 3.63) is 23.3 Å². The number of benzene rings is 1. The highest BCUT2D eigenvalue weighted by Gasteiger charge is 2.15. The number of ether oxygens (including phenoxy) is 2. The first-order valence-corrected chi connectivity index (χ1v) is 6.65. The minimum Gasteiger partial charge on any atom is -0.454 e. The van der Waals surface area contributed by atoms with Crippen LogP contribution in [-0.4, -0.2) is 25.6 Å². The van der Waals surface area contributed by atoms with Gasteiger partial charge in [-0.3, -0.25) is 0 Å². The fraction of sp³-hybridized carbons (Fsp3) is 0.538. The molecule has 1 N–H and O–H groups in total. The molecule has 4 heteroatoms. The van der Waals surface area contributed by atoms with Crippen LogP contribution in [0.25, 0.3) is 0 Å². The molecule has 94 valence electrons. The maximum absolute atomic E-state index is 5.39. The molecule has 0 radical (unpaired) electrons. The standard InChI is InChI=1S/C13H19NO2S/c1-10-7-12-13(16-9-15-12)8-11(10)3-5-14-4-2-6-17/h7-8,14,17H,2-6,9H2,1H3. The summed E-state index contributed by atoms with van der Waals surface area (Å²) in [4.78, 5) is 0. The monoisotopic (exact) mass is 253 g/mol. The Morgan fingerprint density at radius 3 is 2.76 bits per heavy atom. The molecule has 17 heavy (non-hydrogen) atoms. The van der Waals surface area contributed by atoms with E-state index in [4.69, 9.17) is 9.47 Å². The molecule has 0 unspecified atom stereocenters. The summed E-state index contributed by atoms with van der Waals surface area (Å²) < 4.78 is 10.7. The van der Waals surface area contributed by atoms with Gasteiger partial charge in [0.15, 0.2) is 11.5 Å². The van der Waals surface area contributed by atoms with Crippen LogP contribution in [0.3, 0.4) is 0 Å². The molecule has 1 aliphatic heterocycles. The Hall–Kier alpha value is -0.870. The summed E-state index contributed by atoms with van der Waals surface area (Å²) in [5, 5.41) is 3.41. The first-order valence-electron chi connectivity index (χ1n) is 6.02. The highest BCUT2D eigenvalue weighted by atomic mass is 32.1. The van der Waals surface area contributed by atoms with Gasteiger partial charge in [0.1, 0.15) is 0 Å². The predicted octanol–water partition coefficient (Wildman–Crippen LogP) is 2.18. The molecule has 0 bridgehead atoms. The van der Waals surface area contributed by atoms with E-state index in [1.54, 1.807) is 0 Å². The van der Waals surface area contributed by atoms with E-state index in [1.165, 1.54) is 11.1 Å². The van der Waals surface area contributed by atoms with E-state index in [2.05, 4.69) is 37.0 Å². The van der Waals surface area contributed by atoms with Crippen molar-refractivity contribution in [1.29, 1.82) is 0 Å². The fourth-order valence-electron chi connectivity index (χ4n) is 1.91. The Balaban J connectivity index is 1.88. The van der Waals surface area contributed by atoms with Gasteiger partial charge < -0.3 is 14.8 Å². The molecule has 0 atom stereocenters. The van der Waals surface area contributed by atoms with Gasteiger partial charge in [-0.2, -0.15) is 12.6 Å². The van der Waals surface area contributed by atoms with Gasteiger partial charge in [0.2, 0.25) is 6.79 Å². The lowest BCUT2D eigenvalue weighted by Crippen LogP contribution is -2.19. The van der Waals surface area contributed by atoms with Crippen molar-refractivity contribution >= 4 is 12.6 Å². The highest BCUT2D eigenvalue weighted by Crippen LogP contribution is 2.34. The van der Waals surface area contributed by atoms with Gasteiger partial charge in [-0.1, -0.05) is 0 Å². The molecule has 3 nitrogen and oxygen atoms in total. The summed E-state index contributed by atoms with van der Waals surface area (Å²) in [7, 11) is 0. The average Bonchev–Trinajstić information content (AvgIpc) is 2.76. The minimum absolute atomic E-state index is 0.346. The van der Waals surface area contributed by atoms with E-state index in [0.29, 0.717) is 6.79 Å². The number of thiol groups is 1. The van der Waals surface area contributed by atoms with Crippen molar-refractivity contribution in [3.63, 3.8) is 0 Å². The number of hydrogen-bond acceptors (Lipinski definition) is 4. The maximum atomic E-state index is 5.39. The molecule has 0 saturated carbocycles. The number of hydrogen-bond donors (Lipinski definition) is 2. The third-order valence-electron chi connectivity index (χ3n) is 2.91. The topological polar surface area (TPSA) is 30.5 Å². The molecule has 0 saturated heterocycles. The Bertz CT molecular complexity index is 382. The molecule has 0 fully saturated rings. The number of fused-ring (bicyclic) bond motifs is 1. The van der Waals surface area contributed by atoms with Crippen molar-refractivity contribution < 1.29 is 9.47 Å². The molecule has 1 aliphatic rings. The molecule has 0 amide bonds. The van der Waals surface area contributed by atoms with Crippen LogP contribution < -0.4 is 14.8 Å². The van der Waals surface area contributed by atoms with Crippen LogP contribution in [0.5, 0.6) is 11.5 Å². The zero-order chi connectivity index (χ0) is 12.1. The van der Waals surface area contributed by atoms with Crippen LogP contribution in [0.1, 0.15) is 17.5 Å². The summed E-state index contributed by atoms with van der Waals surface area (Å²) in [6.45, 7) is 4.49. The van der Waals surface area contributed by atoms with Crippen LogP contribution in [0.15, 0.2) is 12.1 Å². The summed E-state index contributed by atoms with van der Waals surface area (Å²) in [5.41, 5.74) is 2.60. The Labute approximate surface area is 108 Å². The predicted molar refractivity (Wildman–Crippen MR) is 72.3 cm³/mol. The SMILES string of the molecule is Cc1cc2c(cc1CCNCCCS)OCO2. The quantitative estimate of drug-likeness (QED) is 0.602. The molecule has 1 aromatic rings. The molecular formula is C13H19NO2S. The molecule has 0 aromatic heterocycles. The largest absolute Gasteiger partial charge is 0.454 e. The van der Waals surface area contributed by atoms with Crippen molar-refractivity contribution in [2.75, 3.05) is 25.6 Å². The van der Waals surface area contributed by atoms with Gasteiger partial charge in [0.05, 0.1) is 0 Å². The fourth-order valence-corrected chi connectivity index (χ4v) is 2.07. The smallest absolute Gasteiger partial charge is 0.231 e. The Morgan fingerprint density at radius 1 is 1.24 bits per heavy atom. The van der Waals surface area contributed by atoms with E-state index in [1.807, 2.05) is 0 Å². The normalized spacial score (nSPS) is 13.1. The third kappa shape index (κ3) is 3.30. The Morgan fingerprint density at radius 2 is 2.00 bits per heavy atom. The van der Waals surface area contributed by atoms with E-state index >= 15 is 0 Å². The summed E-state index contributed by atoms with van der Waals surface area (Å²) in [6, 6.07) is 4.16. The number of rotatable bonds is 6. The molecule has 0 spiro atoms. The van der Waals surface area contributed by atoms with E-state index in [9.17, 15) is 0 Å². The van der Waals surface area contributed by atoms with Crippen LogP contribution in [0, 0.1) is 6.92 Å². The van der Waals surface area contributed by atoms with Crippen molar-refractivity contribution in [2.45, 2.75) is 19.8 Å². The van der Waals surface area contributed by atoms with Gasteiger partial charge in [-0.15, -0.1) is 0 Å². The highest BCUT2D eigenvalue weighted by molar-refractivity contribution is 7.80. The minimum atomic E-state index is 0.346. The Kier molecular flexibility index (Phi) is 4.57. The summed E-state index contributed by atoms with van der Waals surface area (Å²) >= 11 is 4.18. The molecular weight excluding hydrogens is 234 g/mol. The van der Waals surface area contributed by atoms with Crippen molar-refractivity contribution in [1.82, 2.24) is 5.32 Å². The maximum Gasteiger partial charge on any atom is 0.231 e. The number of nitrogens with one attached hydrogen (secondary N) is 1. The van der Waals surface area contributed by atoms with Crippen molar-refractivity contribution in [2.24, 2.45) is 0 Å². The van der Waals surface area contributed by atoms with E-state index in [0.717, 1.165) is 43.2 Å². The van der Waals surface area contributed by atoms with Gasteiger partial charge >= 0.3 is 0 Å². The lowest BCUT2D eigenvalue weighted by molar-refractivity contribution is 0.174. The van der Waals surface area contributed by atoms with Crippen LogP contribution in [0.2, 0.25) is 0 Å². The lowest BCUT2D eigenvalue weighted by atomic mass is 10.0. The van der Waals surface area contributed by atoms with Crippen LogP contribution >= 0.6 is 12.6 Å². The lowest BCUT2D eigenvalue weighted by Gasteiger charge is -2.08. The second-order valence-electron chi connectivity index (χ2n) is 4.21. The number of aryl methyl sites for hydroxylation is 1. The zero-order valence-electron chi connectivity index (χ0n) is 10.2. The van der Waals surface area contributed by atoms with Gasteiger partial charge in [0.25, 0.3) is 0 Å². The molecule has 2 rings (SSSR count). The first-order chi connectivity index (χ1) is 8.31. The van der Waals surface area contributed by atoms with Crippen LogP contribution in [-0.2, 0) is 6.42 Å². The second kappa shape index (κ2) is 6.17. The second-order valence-corrected chi connectivity index (χ2v) is 4.66. The molecule has 1 aromatic carbocycles. The summed E-state index contributed by atoms with van der Waals surface area (Å²) in [5.74, 6) is 2.69. The first kappa shape index (κ1) is 12.6. The van der Waals surface area contributed by atoms with Gasteiger partial charge in [-0.25, -0.2) is 0 Å². The zero-order valence-corrected chi connectivity index (χ0v) is 11.1. The molecule has 1 heterocycles. The van der Waals surface area contributed by atoms with Gasteiger partial charge in [-0.05, 0) is 61.9 Å². The average molecular weight is 253 g/mol. The van der Waals surface area contributed by atoms with Crippen LogP contribution in [0.4, 0.5) is 0 Å². The third-order valence-corrected chi connectivity index (χ3v) is 3.23. The van der Waals surface area contributed by atoms with E-state index < -0.39 is 0 Å². The van der Waals surface area contributed by atoms with Gasteiger partial charge in [0, 0.05) is 0 Å². The van der Waals surface area contributed by atoms with E-state index in [-0.39, 0.29) is 0 Å². The van der Waals surface area contributed by atoms with Crippen molar-refractivity contribution in [3.8, 4) is 11.5 Å². The molecule has 0 aliphatic carbocycles.